The summed E-state index contributed by atoms with van der Waals surface area (Å²) >= 11 is 0. The van der Waals surface area contributed by atoms with Crippen LogP contribution in [0.1, 0.15) is 197 Å². The maximum Gasteiger partial charge on any atom is 0.476 e. The van der Waals surface area contributed by atoms with Crippen molar-refractivity contribution in [1.29, 1.82) is 0 Å². The minimum atomic E-state index is -4.84. The van der Waals surface area contributed by atoms with E-state index < -0.39 is 73.4 Å². The highest BCUT2D eigenvalue weighted by Crippen LogP contribution is 2.81. The molecule has 65 heavy (non-hydrogen) atoms. The molecule has 0 aromatic heterocycles. The maximum absolute atomic E-state index is 18.2. The second-order valence-electron chi connectivity index (χ2n) is 26.2. The molecule has 0 amide bonds. The van der Waals surface area contributed by atoms with Gasteiger partial charge in [-0.2, -0.15) is 0 Å². The van der Waals surface area contributed by atoms with Crippen molar-refractivity contribution in [3.8, 4) is 37.0 Å². The Kier molecular flexibility index (Phi) is 12.3. The predicted octanol–water partition coefficient (Wildman–Crippen LogP) is 15.8. The Hall–Kier alpha value is -3.55. The zero-order valence-electron chi connectivity index (χ0n) is 43.5. The van der Waals surface area contributed by atoms with Crippen LogP contribution in [0.5, 0.6) is 0 Å². The summed E-state index contributed by atoms with van der Waals surface area (Å²) in [5.41, 5.74) is -2.80. The predicted molar refractivity (Wildman–Crippen MR) is 272 cm³/mol. The monoisotopic (exact) mass is 897 g/mol. The van der Waals surface area contributed by atoms with Gasteiger partial charge in [0.15, 0.2) is 0 Å². The van der Waals surface area contributed by atoms with Crippen molar-refractivity contribution in [3.05, 3.63) is 106 Å². The van der Waals surface area contributed by atoms with Crippen molar-refractivity contribution in [2.75, 3.05) is 0 Å². The molecule has 0 radical (unpaired) electrons. The molecule has 0 bridgehead atoms. The van der Waals surface area contributed by atoms with Crippen LogP contribution in [0, 0.1) is 69.5 Å². The van der Waals surface area contributed by atoms with E-state index in [0.29, 0.717) is 0 Å². The van der Waals surface area contributed by atoms with Crippen LogP contribution in [0.4, 0.5) is 0 Å². The van der Waals surface area contributed by atoms with Crippen molar-refractivity contribution >= 4 is 7.82 Å². The van der Waals surface area contributed by atoms with E-state index >= 15 is 4.57 Å². The smallest absolute Gasteiger partial charge is 0.278 e. The first kappa shape index (κ1) is 50.9. The minimum Gasteiger partial charge on any atom is -0.278 e. The summed E-state index contributed by atoms with van der Waals surface area (Å²) in [5, 5.41) is 0. The number of phosphoric acid groups is 1. The first-order chi connectivity index (χ1) is 29.6. The first-order valence-corrected chi connectivity index (χ1v) is 25.5. The van der Waals surface area contributed by atoms with Gasteiger partial charge in [-0.1, -0.05) is 179 Å². The normalized spacial score (nSPS) is 18.8. The number of terminal acetylenes is 3. The number of hydrogen-bond acceptors (Lipinski definition) is 4. The lowest BCUT2D eigenvalue weighted by Gasteiger charge is -2.64. The van der Waals surface area contributed by atoms with Gasteiger partial charge in [0.25, 0.3) is 0 Å². The molecule has 0 saturated heterocycles. The van der Waals surface area contributed by atoms with Gasteiger partial charge in [-0.15, -0.1) is 19.3 Å². The van der Waals surface area contributed by atoms with E-state index in [2.05, 4.69) is 179 Å². The van der Waals surface area contributed by atoms with E-state index in [0.717, 1.165) is 71.9 Å². The van der Waals surface area contributed by atoms with Crippen LogP contribution in [0.3, 0.4) is 0 Å². The largest absolute Gasteiger partial charge is 0.476 e. The fraction of sp³-hybridized carbons (Fsp3) is 0.600. The molecule has 6 rings (SSSR count). The zero-order valence-corrected chi connectivity index (χ0v) is 44.4. The van der Waals surface area contributed by atoms with E-state index in [1.807, 2.05) is 36.4 Å². The molecule has 0 unspecified atom stereocenters. The van der Waals surface area contributed by atoms with E-state index in [1.165, 1.54) is 0 Å². The summed E-state index contributed by atoms with van der Waals surface area (Å²) in [6, 6.07) is 25.1. The SMILES string of the molecule is C#Cc1ccc(C2(C(OP(=O)(OC(C(C)(C)C)(C(C)(C)C)C3(c4ccc(C#C)cc4)CC3)OC(C(C)(C)C)(C(C)(C)C)C3(c4ccc(C#C)cc4)CC3)(C(C)(C)C)C(C)(C)C)CC2)cc1. The van der Waals surface area contributed by atoms with Crippen molar-refractivity contribution in [1.82, 2.24) is 0 Å². The van der Waals surface area contributed by atoms with Crippen LogP contribution in [0.2, 0.25) is 0 Å². The van der Waals surface area contributed by atoms with Crippen molar-refractivity contribution < 1.29 is 18.1 Å². The highest BCUT2D eigenvalue weighted by molar-refractivity contribution is 7.48. The summed E-state index contributed by atoms with van der Waals surface area (Å²) in [5.74, 6) is 8.45. The standard InChI is InChI=1S/C60H81O4P/c1-22-43-25-31-46(32-26-43)55(37-38-55)58(49(4,5)6,50(7,8)9)62-65(61,63-59(51(10,11)12,52(13,14)15)56(39-40-56)47-33-27-44(23-2)28-34-47)64-60(53(16,17)18,54(19,20)21)57(41-42-57)48-35-29-45(24-3)30-36-48/h1-3,25-36H,37-42H2,4-21H3. The van der Waals surface area contributed by atoms with Crippen LogP contribution in [0.15, 0.2) is 72.8 Å². The molecule has 3 aromatic carbocycles. The molecule has 0 heterocycles. The Morgan fingerprint density at radius 2 is 0.538 bits per heavy atom. The molecule has 0 atom stereocenters. The summed E-state index contributed by atoms with van der Waals surface area (Å²) in [7, 11) is -4.84. The van der Waals surface area contributed by atoms with Crippen LogP contribution in [-0.2, 0) is 34.4 Å². The molecule has 3 aliphatic carbocycles. The molecule has 3 saturated carbocycles. The Balaban J connectivity index is 1.76. The summed E-state index contributed by atoms with van der Waals surface area (Å²) in [4.78, 5) is 0. The Labute approximate surface area is 396 Å². The van der Waals surface area contributed by atoms with Crippen molar-refractivity contribution in [2.24, 2.45) is 32.5 Å². The van der Waals surface area contributed by atoms with Crippen molar-refractivity contribution in [2.45, 2.75) is 196 Å². The molecule has 5 heteroatoms. The molecular formula is C60H81O4P. The zero-order chi connectivity index (χ0) is 48.9. The first-order valence-electron chi connectivity index (χ1n) is 24.0. The molecule has 0 aliphatic heterocycles. The molecule has 350 valence electrons. The van der Waals surface area contributed by atoms with E-state index in [9.17, 15) is 0 Å². The Morgan fingerprint density at radius 3 is 0.662 bits per heavy atom. The number of phosphoric ester groups is 1. The molecule has 3 aromatic rings. The van der Waals surface area contributed by atoms with Crippen LogP contribution >= 0.6 is 7.82 Å². The number of rotatable bonds is 12. The van der Waals surface area contributed by atoms with Crippen LogP contribution < -0.4 is 0 Å². The van der Waals surface area contributed by atoms with E-state index in [4.69, 9.17) is 32.8 Å². The molecular weight excluding hydrogens is 816 g/mol. The van der Waals surface area contributed by atoms with Gasteiger partial charge in [0.1, 0.15) is 0 Å². The van der Waals surface area contributed by atoms with Gasteiger partial charge in [0.2, 0.25) is 0 Å². The van der Waals surface area contributed by atoms with Gasteiger partial charge < -0.3 is 0 Å². The van der Waals surface area contributed by atoms with Gasteiger partial charge >= 0.3 is 7.82 Å². The lowest BCUT2D eigenvalue weighted by Crippen LogP contribution is -2.67. The highest BCUT2D eigenvalue weighted by atomic mass is 31.2. The number of hydrogen-bond donors (Lipinski definition) is 0. The van der Waals surface area contributed by atoms with Crippen LogP contribution in [-0.4, -0.2) is 16.8 Å². The quantitative estimate of drug-likeness (QED) is 0.134. The third-order valence-electron chi connectivity index (χ3n) is 16.2. The Bertz CT molecular complexity index is 2090. The fourth-order valence-electron chi connectivity index (χ4n) is 14.9. The lowest BCUT2D eigenvalue weighted by molar-refractivity contribution is -0.225. The third-order valence-corrected chi connectivity index (χ3v) is 17.7. The summed E-state index contributed by atoms with van der Waals surface area (Å²) in [6.45, 7) is 40.3. The molecule has 3 aliphatic rings. The maximum atomic E-state index is 18.2. The highest BCUT2D eigenvalue weighted by Gasteiger charge is 2.79. The number of benzene rings is 3. The van der Waals surface area contributed by atoms with Gasteiger partial charge in [0, 0.05) is 32.9 Å². The fourth-order valence-corrected chi connectivity index (χ4v) is 18.2. The lowest BCUT2D eigenvalue weighted by atomic mass is 9.54. The van der Waals surface area contributed by atoms with Gasteiger partial charge in [-0.25, -0.2) is 4.57 Å². The summed E-state index contributed by atoms with van der Waals surface area (Å²) < 4.78 is 42.8. The van der Waals surface area contributed by atoms with E-state index in [1.54, 1.807) is 0 Å². The molecule has 0 spiro atoms. The second kappa shape index (κ2) is 15.8. The van der Waals surface area contributed by atoms with Gasteiger partial charge in [-0.05, 0) is 124 Å². The molecule has 0 N–H and O–H groups in total. The third kappa shape index (κ3) is 7.64. The average Bonchev–Trinajstić information content (AvgIpc) is 4.06. The van der Waals surface area contributed by atoms with E-state index in [-0.39, 0.29) is 0 Å². The van der Waals surface area contributed by atoms with Crippen molar-refractivity contribution in [3.63, 3.8) is 0 Å². The second-order valence-corrected chi connectivity index (χ2v) is 27.6. The topological polar surface area (TPSA) is 44.8 Å². The van der Waals surface area contributed by atoms with Gasteiger partial charge in [0.05, 0.1) is 16.8 Å². The van der Waals surface area contributed by atoms with Crippen LogP contribution in [0.25, 0.3) is 0 Å². The summed E-state index contributed by atoms with van der Waals surface area (Å²) in [6.07, 6.45) is 22.8. The Morgan fingerprint density at radius 1 is 0.369 bits per heavy atom. The molecule has 4 nitrogen and oxygen atoms in total. The molecule has 3 fully saturated rings. The minimum absolute atomic E-state index is 0.554. The average molecular weight is 897 g/mol. The van der Waals surface area contributed by atoms with Gasteiger partial charge in [-0.3, -0.25) is 13.6 Å².